The first-order valence-electron chi connectivity index (χ1n) is 9.43. The minimum atomic E-state index is -0.120. The number of nitrogens with zero attached hydrogens (tertiary/aromatic N) is 2. The fourth-order valence-electron chi connectivity index (χ4n) is 3.03. The Kier molecular flexibility index (Phi) is 5.67. The van der Waals surface area contributed by atoms with Crippen LogP contribution in [0.4, 0.5) is 0 Å². The number of benzene rings is 3. The molecule has 0 atom stereocenters. The maximum Gasteiger partial charge on any atom is 0.251 e. The Hall–Kier alpha value is -3.86. The number of amides is 1. The predicted molar refractivity (Wildman–Crippen MR) is 112 cm³/mol. The van der Waals surface area contributed by atoms with Gasteiger partial charge in [0.15, 0.2) is 0 Å². The lowest BCUT2D eigenvalue weighted by Crippen LogP contribution is -2.23. The zero-order valence-corrected chi connectivity index (χ0v) is 15.9. The molecule has 0 unspecified atom stereocenters. The van der Waals surface area contributed by atoms with Gasteiger partial charge >= 0.3 is 0 Å². The standard InChI is InChI=1S/C24H21N3O2/c28-24(19-11-13-23(14-12-19)29-22-9-2-1-3-10-22)25-17-20-7-4-5-8-21(20)18-27-16-6-15-26-27/h1-16H,17-18H2,(H,25,28). The number of ether oxygens (including phenoxy) is 1. The maximum atomic E-state index is 12.5. The van der Waals surface area contributed by atoms with Crippen molar-refractivity contribution in [3.8, 4) is 11.5 Å². The Morgan fingerprint density at radius 2 is 1.52 bits per heavy atom. The van der Waals surface area contributed by atoms with E-state index in [2.05, 4.69) is 16.5 Å². The van der Waals surface area contributed by atoms with E-state index in [1.807, 2.05) is 65.5 Å². The molecular weight excluding hydrogens is 362 g/mol. The second kappa shape index (κ2) is 8.89. The first-order valence-corrected chi connectivity index (χ1v) is 9.43. The molecule has 0 aliphatic heterocycles. The lowest BCUT2D eigenvalue weighted by Gasteiger charge is -2.11. The molecule has 0 aliphatic carbocycles. The van der Waals surface area contributed by atoms with Crippen molar-refractivity contribution in [1.82, 2.24) is 15.1 Å². The molecule has 4 aromatic rings. The van der Waals surface area contributed by atoms with Gasteiger partial charge in [0.05, 0.1) is 6.54 Å². The summed E-state index contributed by atoms with van der Waals surface area (Å²) in [6.07, 6.45) is 3.68. The van der Waals surface area contributed by atoms with Crippen LogP contribution in [0.15, 0.2) is 97.3 Å². The van der Waals surface area contributed by atoms with E-state index in [0.29, 0.717) is 24.4 Å². The largest absolute Gasteiger partial charge is 0.457 e. The third kappa shape index (κ3) is 4.90. The van der Waals surface area contributed by atoms with E-state index in [0.717, 1.165) is 16.9 Å². The fraction of sp³-hybridized carbons (Fsp3) is 0.0833. The molecular formula is C24H21N3O2. The van der Waals surface area contributed by atoms with Crippen molar-refractivity contribution in [2.24, 2.45) is 0 Å². The minimum Gasteiger partial charge on any atom is -0.457 e. The van der Waals surface area contributed by atoms with E-state index in [-0.39, 0.29) is 5.91 Å². The van der Waals surface area contributed by atoms with Crippen molar-refractivity contribution in [1.29, 1.82) is 0 Å². The zero-order valence-electron chi connectivity index (χ0n) is 15.9. The number of para-hydroxylation sites is 1. The molecule has 0 radical (unpaired) electrons. The predicted octanol–water partition coefficient (Wildman–Crippen LogP) is 4.65. The van der Waals surface area contributed by atoms with Gasteiger partial charge in [0, 0.05) is 24.5 Å². The van der Waals surface area contributed by atoms with Crippen molar-refractivity contribution < 1.29 is 9.53 Å². The zero-order chi connectivity index (χ0) is 19.9. The van der Waals surface area contributed by atoms with Crippen molar-refractivity contribution in [2.75, 3.05) is 0 Å². The first kappa shape index (κ1) is 18.5. The third-order valence-corrected chi connectivity index (χ3v) is 4.54. The van der Waals surface area contributed by atoms with Crippen LogP contribution in [0.3, 0.4) is 0 Å². The van der Waals surface area contributed by atoms with E-state index >= 15 is 0 Å². The van der Waals surface area contributed by atoms with Crippen molar-refractivity contribution in [3.63, 3.8) is 0 Å². The lowest BCUT2D eigenvalue weighted by atomic mass is 10.1. The Morgan fingerprint density at radius 1 is 0.828 bits per heavy atom. The third-order valence-electron chi connectivity index (χ3n) is 4.54. The lowest BCUT2D eigenvalue weighted by molar-refractivity contribution is 0.0951. The molecule has 0 bridgehead atoms. The molecule has 1 aromatic heterocycles. The highest BCUT2D eigenvalue weighted by Crippen LogP contribution is 2.21. The maximum absolute atomic E-state index is 12.5. The van der Waals surface area contributed by atoms with E-state index in [9.17, 15) is 4.79 Å². The van der Waals surface area contributed by atoms with Crippen LogP contribution in [0.2, 0.25) is 0 Å². The highest BCUT2D eigenvalue weighted by atomic mass is 16.5. The summed E-state index contributed by atoms with van der Waals surface area (Å²) < 4.78 is 7.64. The Labute approximate surface area is 169 Å². The normalized spacial score (nSPS) is 10.5. The minimum absolute atomic E-state index is 0.120. The summed E-state index contributed by atoms with van der Waals surface area (Å²) in [6, 6.07) is 26.6. The molecule has 144 valence electrons. The molecule has 0 saturated heterocycles. The topological polar surface area (TPSA) is 56.2 Å². The van der Waals surface area contributed by atoms with E-state index in [1.165, 1.54) is 0 Å². The van der Waals surface area contributed by atoms with Crippen LogP contribution >= 0.6 is 0 Å². The Morgan fingerprint density at radius 3 is 2.24 bits per heavy atom. The summed E-state index contributed by atoms with van der Waals surface area (Å²) in [7, 11) is 0. The van der Waals surface area contributed by atoms with Crippen LogP contribution in [-0.4, -0.2) is 15.7 Å². The fourth-order valence-corrected chi connectivity index (χ4v) is 3.03. The number of hydrogen-bond donors (Lipinski definition) is 1. The summed E-state index contributed by atoms with van der Waals surface area (Å²) >= 11 is 0. The summed E-state index contributed by atoms with van der Waals surface area (Å²) in [4.78, 5) is 12.5. The number of rotatable bonds is 7. The van der Waals surface area contributed by atoms with Gasteiger partial charge < -0.3 is 10.1 Å². The quantitative estimate of drug-likeness (QED) is 0.505. The average molecular weight is 383 g/mol. The van der Waals surface area contributed by atoms with Crippen LogP contribution in [0.1, 0.15) is 21.5 Å². The molecule has 29 heavy (non-hydrogen) atoms. The average Bonchev–Trinajstić information content (AvgIpc) is 3.27. The van der Waals surface area contributed by atoms with E-state index in [4.69, 9.17) is 4.74 Å². The smallest absolute Gasteiger partial charge is 0.251 e. The first-order chi connectivity index (χ1) is 14.3. The number of hydrogen-bond acceptors (Lipinski definition) is 3. The van der Waals surface area contributed by atoms with Gasteiger partial charge in [-0.1, -0.05) is 42.5 Å². The summed E-state index contributed by atoms with van der Waals surface area (Å²) in [5, 5.41) is 7.25. The van der Waals surface area contributed by atoms with Crippen molar-refractivity contribution in [3.05, 3.63) is 114 Å². The van der Waals surface area contributed by atoms with Crippen LogP contribution < -0.4 is 10.1 Å². The van der Waals surface area contributed by atoms with Crippen molar-refractivity contribution >= 4 is 5.91 Å². The number of nitrogens with one attached hydrogen (secondary N) is 1. The summed E-state index contributed by atoms with van der Waals surface area (Å²) in [6.45, 7) is 1.13. The molecule has 0 aliphatic rings. The van der Waals surface area contributed by atoms with Gasteiger partial charge in [-0.3, -0.25) is 9.48 Å². The Balaban J connectivity index is 1.37. The van der Waals surface area contributed by atoms with Crippen LogP contribution in [0.25, 0.3) is 0 Å². The monoisotopic (exact) mass is 383 g/mol. The van der Waals surface area contributed by atoms with Gasteiger partial charge in [0.2, 0.25) is 0 Å². The van der Waals surface area contributed by atoms with Gasteiger partial charge in [-0.25, -0.2) is 0 Å². The molecule has 0 fully saturated rings. The Bertz CT molecular complexity index is 1060. The van der Waals surface area contributed by atoms with Crippen LogP contribution in [-0.2, 0) is 13.1 Å². The number of aromatic nitrogens is 2. The molecule has 1 N–H and O–H groups in total. The van der Waals surface area contributed by atoms with Gasteiger partial charge in [-0.15, -0.1) is 0 Å². The molecule has 1 heterocycles. The molecule has 5 nitrogen and oxygen atoms in total. The van der Waals surface area contributed by atoms with Gasteiger partial charge in [-0.05, 0) is 53.6 Å². The molecule has 4 rings (SSSR count). The highest BCUT2D eigenvalue weighted by Gasteiger charge is 2.08. The van der Waals surface area contributed by atoms with Gasteiger partial charge in [0.25, 0.3) is 5.91 Å². The SMILES string of the molecule is O=C(NCc1ccccc1Cn1cccn1)c1ccc(Oc2ccccc2)cc1. The number of carbonyl (C=O) groups is 1. The van der Waals surface area contributed by atoms with E-state index < -0.39 is 0 Å². The van der Waals surface area contributed by atoms with Gasteiger partial charge in [0.1, 0.15) is 11.5 Å². The van der Waals surface area contributed by atoms with Crippen LogP contribution in [0, 0.1) is 0 Å². The van der Waals surface area contributed by atoms with Crippen molar-refractivity contribution in [2.45, 2.75) is 13.1 Å². The number of carbonyl (C=O) groups excluding carboxylic acids is 1. The van der Waals surface area contributed by atoms with Gasteiger partial charge in [-0.2, -0.15) is 5.10 Å². The molecule has 0 saturated carbocycles. The second-order valence-corrected chi connectivity index (χ2v) is 6.59. The van der Waals surface area contributed by atoms with Crippen LogP contribution in [0.5, 0.6) is 11.5 Å². The molecule has 5 heteroatoms. The molecule has 1 amide bonds. The summed E-state index contributed by atoms with van der Waals surface area (Å²) in [5.74, 6) is 1.33. The second-order valence-electron chi connectivity index (χ2n) is 6.59. The highest BCUT2D eigenvalue weighted by molar-refractivity contribution is 5.94. The molecule has 0 spiro atoms. The molecule has 3 aromatic carbocycles. The summed E-state index contributed by atoms with van der Waals surface area (Å²) in [5.41, 5.74) is 2.79. The van der Waals surface area contributed by atoms with E-state index in [1.54, 1.807) is 30.5 Å².